The van der Waals surface area contributed by atoms with Crippen molar-refractivity contribution in [1.82, 2.24) is 0 Å². The molecule has 0 radical (unpaired) electrons. The molecule has 3 aromatic rings. The van der Waals surface area contributed by atoms with Crippen molar-refractivity contribution in [3.8, 4) is 0 Å². The van der Waals surface area contributed by atoms with Crippen molar-refractivity contribution < 1.29 is 50.1 Å². The van der Waals surface area contributed by atoms with Gasteiger partial charge in [0.2, 0.25) is 0 Å². The van der Waals surface area contributed by atoms with Crippen LogP contribution in [0.5, 0.6) is 0 Å². The predicted molar refractivity (Wildman–Crippen MR) is 109 cm³/mol. The molecule has 0 amide bonds. The van der Waals surface area contributed by atoms with Crippen molar-refractivity contribution in [3.63, 3.8) is 0 Å². The molecule has 0 heterocycles. The van der Waals surface area contributed by atoms with Gasteiger partial charge in [-0.1, -0.05) is 36.4 Å². The molecule has 0 saturated heterocycles. The van der Waals surface area contributed by atoms with Crippen LogP contribution in [0, 0.1) is 6.08 Å². The molecular weight excluding hydrogens is 593 g/mol. The summed E-state index contributed by atoms with van der Waals surface area (Å²) in [7, 11) is 0. The first-order chi connectivity index (χ1) is 10.7. The van der Waals surface area contributed by atoms with Crippen LogP contribution in [0.4, 0.5) is 0 Å². The fourth-order valence-corrected chi connectivity index (χ4v) is 2.24. The van der Waals surface area contributed by atoms with Crippen LogP contribution in [-0.2, 0) is 50.1 Å². The summed E-state index contributed by atoms with van der Waals surface area (Å²) in [4.78, 5) is 0. The van der Waals surface area contributed by atoms with Gasteiger partial charge in [0, 0.05) is 25.8 Å². The fourth-order valence-electron chi connectivity index (χ4n) is 2.24. The maximum Gasteiger partial charge on any atom is 0 e. The molecule has 0 nitrogen and oxygen atoms in total. The van der Waals surface area contributed by atoms with Crippen LogP contribution in [0.25, 0.3) is 21.5 Å². The molecule has 0 aliphatic heterocycles. The van der Waals surface area contributed by atoms with Gasteiger partial charge in [-0.15, -0.1) is 71.0 Å². The van der Waals surface area contributed by atoms with E-state index in [9.17, 15) is 0 Å². The number of rotatable bonds is 0. The molecule has 0 saturated carbocycles. The molecule has 0 bridgehead atoms. The topological polar surface area (TPSA) is 0 Å². The van der Waals surface area contributed by atoms with E-state index in [0.29, 0.717) is 0 Å². The Balaban J connectivity index is 0. The molecule has 4 rings (SSSR count). The fraction of sp³-hybridized carbons (Fsp3) is 0.143. The van der Waals surface area contributed by atoms with E-state index in [4.69, 9.17) is 0 Å². The van der Waals surface area contributed by atoms with Crippen molar-refractivity contribution in [3.05, 3.63) is 78.9 Å². The zero-order valence-electron chi connectivity index (χ0n) is 14.5. The van der Waals surface area contributed by atoms with E-state index in [2.05, 4.69) is 80.6 Å². The monoisotopic (exact) mass is 614 g/mol. The van der Waals surface area contributed by atoms with Gasteiger partial charge in [0.05, 0.1) is 0 Å². The number of fused-ring (bicyclic) bond motifs is 3. The average molecular weight is 615 g/mol. The summed E-state index contributed by atoms with van der Waals surface area (Å²) in [5, 5.41) is 5.39. The molecule has 1 aliphatic carbocycles. The van der Waals surface area contributed by atoms with Crippen molar-refractivity contribution in [1.29, 1.82) is 0 Å². The average Bonchev–Trinajstić information content (AvgIpc) is 3.18. The quantitative estimate of drug-likeness (QED) is 0.198. The van der Waals surface area contributed by atoms with Crippen molar-refractivity contribution in [2.75, 3.05) is 0 Å². The first-order valence-corrected chi connectivity index (χ1v) is 8.68. The summed E-state index contributed by atoms with van der Waals surface area (Å²) in [6, 6.07) is 19.3. The maximum atomic E-state index is 2.99. The molecule has 1 aliphatic rings. The minimum atomic E-state index is 0. The molecule has 0 atom stereocenters. The molecule has 25 heavy (non-hydrogen) atoms. The first-order valence-electron chi connectivity index (χ1n) is 7.45. The van der Waals surface area contributed by atoms with E-state index in [1.54, 1.807) is 24.2 Å². The number of hydrogen-bond donors (Lipinski definition) is 0. The second-order valence-electron chi connectivity index (χ2n) is 5.32. The van der Waals surface area contributed by atoms with Gasteiger partial charge in [0.1, 0.15) is 0 Å². The maximum absolute atomic E-state index is 2.99. The zero-order valence-corrected chi connectivity index (χ0v) is 22.1. The molecular formula is C21H22Cl2HfZr. The van der Waals surface area contributed by atoms with Gasteiger partial charge in [-0.3, -0.25) is 6.08 Å². The van der Waals surface area contributed by atoms with Crippen LogP contribution in [-0.4, -0.2) is 3.21 Å². The minimum absolute atomic E-state index is 0. The van der Waals surface area contributed by atoms with Gasteiger partial charge in [0.25, 0.3) is 0 Å². The van der Waals surface area contributed by atoms with E-state index in [1.165, 1.54) is 24.8 Å². The van der Waals surface area contributed by atoms with Crippen molar-refractivity contribution >= 4 is 49.6 Å². The predicted octanol–water partition coefficient (Wildman–Crippen LogP) is 6.60. The number of halogens is 2. The van der Waals surface area contributed by atoms with E-state index < -0.39 is 0 Å². The van der Waals surface area contributed by atoms with E-state index in [0.717, 1.165) is 6.42 Å². The molecule has 128 valence electrons. The number of benzene rings is 2. The molecule has 0 N–H and O–H groups in total. The Kier molecular flexibility index (Phi) is 16.4. The van der Waals surface area contributed by atoms with Crippen LogP contribution < -0.4 is 0 Å². The van der Waals surface area contributed by atoms with Crippen molar-refractivity contribution in [2.24, 2.45) is 0 Å². The molecule has 3 aromatic carbocycles. The standard InChI is InChI=1S/C13H9.C5H5.C3H6.2ClH.Hf.Zr/c1-3-7-12-10(5-1)9-11-6-2-4-8-13(11)12;1-2-4-5-3-1;1-3-2;;;;/h1-9H;1-3H,4H2;1-2H3;2*1H;;/q2*-1;;;;;+2. The minimum Gasteiger partial charge on any atom is -0.273 e. The Bertz CT molecular complexity index is 754. The summed E-state index contributed by atoms with van der Waals surface area (Å²) >= 11 is 1.55. The van der Waals surface area contributed by atoms with Gasteiger partial charge in [0.15, 0.2) is 0 Å². The molecule has 0 aromatic heterocycles. The van der Waals surface area contributed by atoms with Gasteiger partial charge in [-0.25, -0.2) is 12.2 Å². The van der Waals surface area contributed by atoms with Gasteiger partial charge >= 0.3 is 41.3 Å². The number of hydrogen-bond acceptors (Lipinski definition) is 0. The summed E-state index contributed by atoms with van der Waals surface area (Å²) in [6.07, 6.45) is 10.0. The largest absolute Gasteiger partial charge is 0.273 e. The van der Waals surface area contributed by atoms with Crippen LogP contribution >= 0.6 is 24.8 Å². The summed E-state index contributed by atoms with van der Waals surface area (Å²) < 4.78 is 1.51. The Morgan fingerprint density at radius 1 is 0.920 bits per heavy atom. The SMILES string of the molecule is C[C](C)=[Zr+2].Cl.Cl.[C-]1=CC=CC1.[Hf].c1ccc2c(c1)[cH-]c1ccccc12. The molecule has 0 spiro atoms. The zero-order chi connectivity index (χ0) is 15.8. The van der Waals surface area contributed by atoms with Gasteiger partial charge < -0.3 is 0 Å². The molecule has 0 fully saturated rings. The molecule has 0 unspecified atom stereocenters. The van der Waals surface area contributed by atoms with Crippen molar-refractivity contribution in [2.45, 2.75) is 20.3 Å². The molecule has 4 heteroatoms. The third-order valence-electron chi connectivity index (χ3n) is 3.11. The van der Waals surface area contributed by atoms with E-state index in [-0.39, 0.29) is 50.7 Å². The van der Waals surface area contributed by atoms with Crippen LogP contribution in [0.15, 0.2) is 72.8 Å². The normalized spacial score (nSPS) is 10.4. The van der Waals surface area contributed by atoms with E-state index >= 15 is 0 Å². The second kappa shape index (κ2) is 15.1. The number of allylic oxidation sites excluding steroid dienone is 4. The van der Waals surface area contributed by atoms with Crippen LogP contribution in [0.2, 0.25) is 0 Å². The summed E-state index contributed by atoms with van der Waals surface area (Å²) in [6.45, 7) is 4.25. The first kappa shape index (κ1) is 27.2. The third kappa shape index (κ3) is 9.48. The third-order valence-corrected chi connectivity index (χ3v) is 3.11. The van der Waals surface area contributed by atoms with Crippen LogP contribution in [0.3, 0.4) is 0 Å². The summed E-state index contributed by atoms with van der Waals surface area (Å²) in [5.74, 6) is 0. The van der Waals surface area contributed by atoms with Gasteiger partial charge in [-0.2, -0.15) is 6.08 Å². The van der Waals surface area contributed by atoms with E-state index in [1.807, 2.05) is 12.2 Å². The Labute approximate surface area is 197 Å². The smallest absolute Gasteiger partial charge is 0 e. The summed E-state index contributed by atoms with van der Waals surface area (Å²) in [5.41, 5.74) is 0. The Hall–Kier alpha value is -0.00675. The Morgan fingerprint density at radius 3 is 1.68 bits per heavy atom. The van der Waals surface area contributed by atoms with Crippen LogP contribution in [0.1, 0.15) is 20.3 Å². The second-order valence-corrected chi connectivity index (χ2v) is 7.78. The van der Waals surface area contributed by atoms with Gasteiger partial charge in [-0.05, 0) is 0 Å². The Morgan fingerprint density at radius 2 is 1.36 bits per heavy atom.